The van der Waals surface area contributed by atoms with Crippen molar-refractivity contribution in [1.82, 2.24) is 0 Å². The van der Waals surface area contributed by atoms with E-state index in [2.05, 4.69) is 5.32 Å². The average molecular weight is 506 g/mol. The molecule has 0 spiro atoms. The Hall–Kier alpha value is -3.87. The summed E-state index contributed by atoms with van der Waals surface area (Å²) in [6.07, 6.45) is 2.53. The number of hydrogen-bond acceptors (Lipinski definition) is 6. The van der Waals surface area contributed by atoms with E-state index in [0.29, 0.717) is 11.5 Å². The van der Waals surface area contributed by atoms with Gasteiger partial charge in [-0.15, -0.1) is 0 Å². The molecule has 6 nitrogen and oxygen atoms in total. The fourth-order valence-electron chi connectivity index (χ4n) is 4.45. The first-order valence-corrected chi connectivity index (χ1v) is 12.3. The molecule has 37 heavy (non-hydrogen) atoms. The lowest BCUT2D eigenvalue weighted by atomic mass is 9.79. The number of esters is 1. The highest BCUT2D eigenvalue weighted by Crippen LogP contribution is 2.38. The summed E-state index contributed by atoms with van der Waals surface area (Å²) in [6.45, 7) is 5.45. The van der Waals surface area contributed by atoms with Crippen LogP contribution in [0.3, 0.4) is 0 Å². The van der Waals surface area contributed by atoms with E-state index in [4.69, 9.17) is 9.47 Å². The van der Waals surface area contributed by atoms with Gasteiger partial charge in [0.25, 0.3) is 0 Å². The number of carbonyl (C=O) groups is 2. The number of benzene rings is 3. The SMILES string of the molecule is COc1ccc([C@@H]2CCc3cc(OC(=O)C(C)(C)C)ccc3C2)c(NCC(=O)c2ccc(O)c(F)c2)c1. The Bertz CT molecular complexity index is 1330. The maximum Gasteiger partial charge on any atom is 0.316 e. The van der Waals surface area contributed by atoms with Gasteiger partial charge in [-0.2, -0.15) is 0 Å². The number of ether oxygens (including phenoxy) is 2. The molecule has 1 aliphatic carbocycles. The van der Waals surface area contributed by atoms with Gasteiger partial charge in [0.05, 0.1) is 19.1 Å². The molecule has 4 rings (SSSR count). The summed E-state index contributed by atoms with van der Waals surface area (Å²) in [6, 6.07) is 15.2. The summed E-state index contributed by atoms with van der Waals surface area (Å²) in [7, 11) is 1.59. The van der Waals surface area contributed by atoms with Crippen molar-refractivity contribution < 1.29 is 28.6 Å². The fourth-order valence-corrected chi connectivity index (χ4v) is 4.45. The highest BCUT2D eigenvalue weighted by Gasteiger charge is 2.26. The molecular weight excluding hydrogens is 473 g/mol. The van der Waals surface area contributed by atoms with E-state index in [9.17, 15) is 19.1 Å². The first kappa shape index (κ1) is 26.2. The number of hydrogen-bond donors (Lipinski definition) is 2. The van der Waals surface area contributed by atoms with Crippen LogP contribution in [0, 0.1) is 11.2 Å². The molecule has 1 aliphatic rings. The van der Waals surface area contributed by atoms with Crippen LogP contribution in [0.2, 0.25) is 0 Å². The normalized spacial score (nSPS) is 15.0. The molecule has 2 N–H and O–H groups in total. The Morgan fingerprint density at radius 3 is 2.49 bits per heavy atom. The summed E-state index contributed by atoms with van der Waals surface area (Å²) in [5.74, 6) is -0.436. The van der Waals surface area contributed by atoms with Gasteiger partial charge in [0.15, 0.2) is 17.3 Å². The number of ketones is 1. The van der Waals surface area contributed by atoms with E-state index in [0.717, 1.165) is 36.6 Å². The molecule has 0 unspecified atom stereocenters. The van der Waals surface area contributed by atoms with Crippen molar-refractivity contribution in [1.29, 1.82) is 0 Å². The first-order chi connectivity index (χ1) is 17.5. The highest BCUT2D eigenvalue weighted by molar-refractivity contribution is 5.99. The van der Waals surface area contributed by atoms with Crippen LogP contribution in [0.1, 0.15) is 60.2 Å². The number of anilines is 1. The Kier molecular flexibility index (Phi) is 7.52. The maximum atomic E-state index is 13.7. The third kappa shape index (κ3) is 6.10. The fraction of sp³-hybridized carbons (Fsp3) is 0.333. The van der Waals surface area contributed by atoms with Gasteiger partial charge in [0.1, 0.15) is 11.5 Å². The maximum absolute atomic E-state index is 13.7. The smallest absolute Gasteiger partial charge is 0.316 e. The first-order valence-electron chi connectivity index (χ1n) is 12.3. The number of aryl methyl sites for hydroxylation is 1. The van der Waals surface area contributed by atoms with E-state index in [1.54, 1.807) is 7.11 Å². The van der Waals surface area contributed by atoms with Crippen molar-refractivity contribution in [3.63, 3.8) is 0 Å². The highest BCUT2D eigenvalue weighted by atomic mass is 19.1. The largest absolute Gasteiger partial charge is 0.505 e. The zero-order valence-electron chi connectivity index (χ0n) is 21.6. The summed E-state index contributed by atoms with van der Waals surface area (Å²) >= 11 is 0. The molecule has 1 atom stereocenters. The monoisotopic (exact) mass is 505 g/mol. The second-order valence-corrected chi connectivity index (χ2v) is 10.4. The topological polar surface area (TPSA) is 84.9 Å². The Morgan fingerprint density at radius 1 is 1.03 bits per heavy atom. The van der Waals surface area contributed by atoms with Crippen molar-refractivity contribution in [3.05, 3.63) is 82.7 Å². The van der Waals surface area contributed by atoms with Crippen LogP contribution < -0.4 is 14.8 Å². The van der Waals surface area contributed by atoms with Gasteiger partial charge >= 0.3 is 5.97 Å². The van der Waals surface area contributed by atoms with Gasteiger partial charge in [-0.25, -0.2) is 4.39 Å². The van der Waals surface area contributed by atoms with Gasteiger partial charge in [0.2, 0.25) is 0 Å². The third-order valence-electron chi connectivity index (χ3n) is 6.64. The number of rotatable bonds is 7. The van der Waals surface area contributed by atoms with E-state index >= 15 is 0 Å². The minimum atomic E-state index is -0.829. The van der Waals surface area contributed by atoms with Crippen molar-refractivity contribution >= 4 is 17.4 Å². The molecule has 0 aliphatic heterocycles. The molecule has 3 aromatic rings. The van der Waals surface area contributed by atoms with Crippen LogP contribution in [0.4, 0.5) is 10.1 Å². The van der Waals surface area contributed by atoms with Crippen LogP contribution in [-0.4, -0.2) is 30.5 Å². The number of fused-ring (bicyclic) bond motifs is 1. The van der Waals surface area contributed by atoms with Crippen LogP contribution in [0.5, 0.6) is 17.2 Å². The number of methoxy groups -OCH3 is 1. The lowest BCUT2D eigenvalue weighted by molar-refractivity contribution is -0.143. The van der Waals surface area contributed by atoms with Gasteiger partial charge < -0.3 is 19.9 Å². The lowest BCUT2D eigenvalue weighted by Gasteiger charge is -2.28. The second-order valence-electron chi connectivity index (χ2n) is 10.4. The molecular formula is C30H32FNO5. The zero-order valence-corrected chi connectivity index (χ0v) is 21.6. The molecule has 0 aromatic heterocycles. The minimum absolute atomic E-state index is 0.0316. The van der Waals surface area contributed by atoms with E-state index in [1.807, 2.05) is 57.2 Å². The quantitative estimate of drug-likeness (QED) is 0.231. The molecule has 0 bridgehead atoms. The summed E-state index contributed by atoms with van der Waals surface area (Å²) in [4.78, 5) is 24.9. The van der Waals surface area contributed by atoms with Crippen LogP contribution in [0.25, 0.3) is 0 Å². The third-order valence-corrected chi connectivity index (χ3v) is 6.64. The Labute approximate surface area is 216 Å². The second kappa shape index (κ2) is 10.6. The lowest BCUT2D eigenvalue weighted by Crippen LogP contribution is -2.25. The van der Waals surface area contributed by atoms with Gasteiger partial charge in [-0.05, 0) is 99.0 Å². The standard InChI is InChI=1S/C30H32FNO5/c1-30(2,3)29(35)37-23-9-7-18-13-20(6-5-19(18)14-23)24-11-10-22(36-4)16-26(24)32-17-28(34)21-8-12-27(33)25(31)15-21/h7-12,14-16,20,32-33H,5-6,13,17H2,1-4H3/t20-/m1/s1. The minimum Gasteiger partial charge on any atom is -0.505 e. The predicted molar refractivity (Wildman–Crippen MR) is 140 cm³/mol. The summed E-state index contributed by atoms with van der Waals surface area (Å²) in [5.41, 5.74) is 3.83. The average Bonchev–Trinajstić information content (AvgIpc) is 2.87. The van der Waals surface area contributed by atoms with Gasteiger partial charge in [-0.3, -0.25) is 9.59 Å². The molecule has 0 saturated heterocycles. The van der Waals surface area contributed by atoms with Crippen molar-refractivity contribution in [3.8, 4) is 17.2 Å². The van der Waals surface area contributed by atoms with E-state index < -0.39 is 17.0 Å². The summed E-state index contributed by atoms with van der Waals surface area (Å²) < 4.78 is 24.7. The molecule has 0 amide bonds. The molecule has 0 saturated carbocycles. The number of aromatic hydroxyl groups is 1. The number of phenolic OH excluding ortho intramolecular Hbond substituents is 1. The molecule has 7 heteroatoms. The van der Waals surface area contributed by atoms with E-state index in [1.165, 1.54) is 23.3 Å². The molecule has 0 fully saturated rings. The van der Waals surface area contributed by atoms with Crippen molar-refractivity contribution in [2.75, 3.05) is 19.0 Å². The predicted octanol–water partition coefficient (Wildman–Crippen LogP) is 6.06. The van der Waals surface area contributed by atoms with Gasteiger partial charge in [0, 0.05) is 17.3 Å². The molecule has 194 valence electrons. The van der Waals surface area contributed by atoms with Crippen LogP contribution in [0.15, 0.2) is 54.6 Å². The van der Waals surface area contributed by atoms with Crippen molar-refractivity contribution in [2.24, 2.45) is 5.41 Å². The Morgan fingerprint density at radius 2 is 1.78 bits per heavy atom. The number of halogens is 1. The number of nitrogens with one attached hydrogen (secondary N) is 1. The van der Waals surface area contributed by atoms with Crippen LogP contribution >= 0.6 is 0 Å². The van der Waals surface area contributed by atoms with E-state index in [-0.39, 0.29) is 29.8 Å². The molecule has 0 heterocycles. The van der Waals surface area contributed by atoms with Crippen LogP contribution in [-0.2, 0) is 17.6 Å². The molecule has 0 radical (unpaired) electrons. The molecule has 3 aromatic carbocycles. The van der Waals surface area contributed by atoms with Crippen molar-refractivity contribution in [2.45, 2.75) is 46.0 Å². The number of carbonyl (C=O) groups excluding carboxylic acids is 2. The number of Topliss-reactive ketones (excluding diaryl/α,β-unsaturated/α-hetero) is 1. The van der Waals surface area contributed by atoms with Gasteiger partial charge in [-0.1, -0.05) is 12.1 Å². The summed E-state index contributed by atoms with van der Waals surface area (Å²) in [5, 5.41) is 12.6. The number of phenols is 1. The zero-order chi connectivity index (χ0) is 26.7. The Balaban J connectivity index is 1.51.